The average molecular weight is 238 g/mol. The van der Waals surface area contributed by atoms with Crippen LogP contribution in [-0.4, -0.2) is 48.3 Å². The molecule has 92 valence electrons. The molecule has 3 amide bonds. The highest BCUT2D eigenvalue weighted by molar-refractivity contribution is 6.35. The Morgan fingerprint density at radius 3 is 2.94 bits per heavy atom. The molecule has 1 unspecified atom stereocenters. The van der Waals surface area contributed by atoms with Gasteiger partial charge >= 0.3 is 11.8 Å². The molecule has 1 aliphatic rings. The minimum absolute atomic E-state index is 0.221. The fourth-order valence-electron chi connectivity index (χ4n) is 1.69. The van der Waals surface area contributed by atoms with Crippen LogP contribution in [-0.2, 0) is 14.4 Å². The van der Waals surface area contributed by atoms with E-state index in [1.807, 2.05) is 0 Å². The number of hydrogen-bond donors (Lipinski definition) is 2. The van der Waals surface area contributed by atoms with Crippen LogP contribution in [0.3, 0.4) is 0 Å². The summed E-state index contributed by atoms with van der Waals surface area (Å²) in [5.41, 5.74) is 0. The predicted octanol–water partition coefficient (Wildman–Crippen LogP) is -1.64. The van der Waals surface area contributed by atoms with Crippen molar-refractivity contribution in [2.45, 2.75) is 19.4 Å². The molecule has 1 atom stereocenters. The Labute approximate surface area is 98.8 Å². The fourth-order valence-corrected chi connectivity index (χ4v) is 1.69. The van der Waals surface area contributed by atoms with Crippen molar-refractivity contribution in [1.29, 1.82) is 5.26 Å². The van der Waals surface area contributed by atoms with Crippen molar-refractivity contribution in [1.82, 2.24) is 15.5 Å². The first kappa shape index (κ1) is 13.0. The van der Waals surface area contributed by atoms with Crippen LogP contribution in [0.25, 0.3) is 0 Å². The molecule has 1 aliphatic heterocycles. The van der Waals surface area contributed by atoms with E-state index < -0.39 is 17.9 Å². The quantitative estimate of drug-likeness (QED) is 0.445. The van der Waals surface area contributed by atoms with Gasteiger partial charge in [0.2, 0.25) is 5.91 Å². The van der Waals surface area contributed by atoms with E-state index in [9.17, 15) is 14.4 Å². The van der Waals surface area contributed by atoms with Crippen LogP contribution >= 0.6 is 0 Å². The zero-order chi connectivity index (χ0) is 12.8. The van der Waals surface area contributed by atoms with Gasteiger partial charge in [-0.3, -0.25) is 14.4 Å². The van der Waals surface area contributed by atoms with E-state index in [-0.39, 0.29) is 12.5 Å². The Balaban J connectivity index is 2.69. The van der Waals surface area contributed by atoms with Gasteiger partial charge in [-0.25, -0.2) is 0 Å². The summed E-state index contributed by atoms with van der Waals surface area (Å²) < 4.78 is 0. The number of amides is 3. The van der Waals surface area contributed by atoms with Crippen LogP contribution in [0.15, 0.2) is 0 Å². The Morgan fingerprint density at radius 1 is 1.65 bits per heavy atom. The lowest BCUT2D eigenvalue weighted by molar-refractivity contribution is -0.151. The lowest BCUT2D eigenvalue weighted by Crippen LogP contribution is -2.59. The number of hydrogen-bond acceptors (Lipinski definition) is 4. The third kappa shape index (κ3) is 2.93. The third-order valence-electron chi connectivity index (χ3n) is 2.50. The SMILES string of the molecule is CCC1C(=O)NCCN1C(=O)C(=O)NCC#N. The maximum Gasteiger partial charge on any atom is 0.312 e. The van der Waals surface area contributed by atoms with Gasteiger partial charge in [0.1, 0.15) is 12.6 Å². The van der Waals surface area contributed by atoms with Gasteiger partial charge in [-0.15, -0.1) is 0 Å². The van der Waals surface area contributed by atoms with Crippen molar-refractivity contribution >= 4 is 17.7 Å². The molecule has 0 aromatic heterocycles. The van der Waals surface area contributed by atoms with Crippen molar-refractivity contribution in [2.75, 3.05) is 19.6 Å². The van der Waals surface area contributed by atoms with Crippen LogP contribution in [0, 0.1) is 11.3 Å². The van der Waals surface area contributed by atoms with Crippen molar-refractivity contribution < 1.29 is 14.4 Å². The van der Waals surface area contributed by atoms with Crippen molar-refractivity contribution in [3.63, 3.8) is 0 Å². The molecule has 0 saturated carbocycles. The fraction of sp³-hybridized carbons (Fsp3) is 0.600. The molecule has 1 fully saturated rings. The van der Waals surface area contributed by atoms with E-state index in [0.717, 1.165) is 0 Å². The first-order valence-corrected chi connectivity index (χ1v) is 5.35. The molecule has 0 aromatic carbocycles. The number of nitrogens with zero attached hydrogens (tertiary/aromatic N) is 2. The third-order valence-corrected chi connectivity index (χ3v) is 2.50. The topological polar surface area (TPSA) is 102 Å². The second kappa shape index (κ2) is 5.84. The van der Waals surface area contributed by atoms with Gasteiger partial charge in [0, 0.05) is 13.1 Å². The van der Waals surface area contributed by atoms with E-state index in [1.54, 1.807) is 13.0 Å². The average Bonchev–Trinajstić information content (AvgIpc) is 2.34. The normalized spacial score (nSPS) is 19.2. The monoisotopic (exact) mass is 238 g/mol. The number of nitrogens with one attached hydrogen (secondary N) is 2. The van der Waals surface area contributed by atoms with E-state index in [4.69, 9.17) is 5.26 Å². The Bertz CT molecular complexity index is 374. The summed E-state index contributed by atoms with van der Waals surface area (Å²) in [6.45, 7) is 2.19. The van der Waals surface area contributed by atoms with E-state index in [0.29, 0.717) is 19.5 Å². The van der Waals surface area contributed by atoms with E-state index in [1.165, 1.54) is 4.90 Å². The van der Waals surface area contributed by atoms with Gasteiger partial charge in [0.15, 0.2) is 0 Å². The maximum absolute atomic E-state index is 11.7. The molecular weight excluding hydrogens is 224 g/mol. The second-order valence-corrected chi connectivity index (χ2v) is 3.55. The van der Waals surface area contributed by atoms with Crippen LogP contribution in [0.5, 0.6) is 0 Å². The highest BCUT2D eigenvalue weighted by Gasteiger charge is 2.34. The van der Waals surface area contributed by atoms with Crippen molar-refractivity contribution in [2.24, 2.45) is 0 Å². The summed E-state index contributed by atoms with van der Waals surface area (Å²) in [4.78, 5) is 35.9. The van der Waals surface area contributed by atoms with Crippen LogP contribution in [0.1, 0.15) is 13.3 Å². The molecule has 0 aliphatic carbocycles. The summed E-state index contributed by atoms with van der Waals surface area (Å²) >= 11 is 0. The zero-order valence-corrected chi connectivity index (χ0v) is 9.52. The number of carbonyl (C=O) groups is 3. The van der Waals surface area contributed by atoms with Gasteiger partial charge < -0.3 is 15.5 Å². The molecule has 17 heavy (non-hydrogen) atoms. The van der Waals surface area contributed by atoms with Crippen LogP contribution < -0.4 is 10.6 Å². The van der Waals surface area contributed by atoms with Gasteiger partial charge in [-0.2, -0.15) is 5.26 Å². The van der Waals surface area contributed by atoms with Gasteiger partial charge in [0.05, 0.1) is 6.07 Å². The maximum atomic E-state index is 11.7. The predicted molar refractivity (Wildman–Crippen MR) is 57.4 cm³/mol. The molecule has 1 rings (SSSR count). The summed E-state index contributed by atoms with van der Waals surface area (Å²) in [7, 11) is 0. The molecule has 0 bridgehead atoms. The van der Waals surface area contributed by atoms with E-state index >= 15 is 0 Å². The summed E-state index contributed by atoms with van der Waals surface area (Å²) in [5.74, 6) is -1.86. The summed E-state index contributed by atoms with van der Waals surface area (Å²) in [6.07, 6.45) is 0.448. The minimum atomic E-state index is -0.847. The Morgan fingerprint density at radius 2 is 2.35 bits per heavy atom. The second-order valence-electron chi connectivity index (χ2n) is 3.55. The molecule has 7 heteroatoms. The van der Waals surface area contributed by atoms with Gasteiger partial charge in [-0.1, -0.05) is 6.92 Å². The van der Waals surface area contributed by atoms with Crippen LogP contribution in [0.4, 0.5) is 0 Å². The number of carbonyl (C=O) groups excluding carboxylic acids is 3. The largest absolute Gasteiger partial charge is 0.353 e. The molecule has 0 radical (unpaired) electrons. The zero-order valence-electron chi connectivity index (χ0n) is 9.52. The molecule has 1 heterocycles. The highest BCUT2D eigenvalue weighted by atomic mass is 16.2. The Hall–Kier alpha value is -2.10. The summed E-state index contributed by atoms with van der Waals surface area (Å²) in [5, 5.41) is 13.1. The van der Waals surface area contributed by atoms with Crippen molar-refractivity contribution in [3.8, 4) is 6.07 Å². The number of nitriles is 1. The lowest BCUT2D eigenvalue weighted by Gasteiger charge is -2.33. The van der Waals surface area contributed by atoms with Crippen LogP contribution in [0.2, 0.25) is 0 Å². The lowest BCUT2D eigenvalue weighted by atomic mass is 10.1. The first-order valence-electron chi connectivity index (χ1n) is 5.35. The smallest absolute Gasteiger partial charge is 0.312 e. The molecule has 7 nitrogen and oxygen atoms in total. The van der Waals surface area contributed by atoms with E-state index in [2.05, 4.69) is 10.6 Å². The number of piperazine rings is 1. The highest BCUT2D eigenvalue weighted by Crippen LogP contribution is 2.08. The molecule has 2 N–H and O–H groups in total. The molecule has 1 saturated heterocycles. The summed E-state index contributed by atoms with van der Waals surface area (Å²) in [6, 6.07) is 1.10. The molecular formula is C10H14N4O3. The Kier molecular flexibility index (Phi) is 4.46. The number of rotatable bonds is 2. The molecule has 0 spiro atoms. The molecule has 0 aromatic rings. The standard InChI is InChI=1S/C10H14N4O3/c1-2-7-8(15)13-5-6-14(7)10(17)9(16)12-4-3-11/h7H,2,4-6H2,1H3,(H,12,16)(H,13,15). The van der Waals surface area contributed by atoms with Gasteiger partial charge in [-0.05, 0) is 6.42 Å². The minimum Gasteiger partial charge on any atom is -0.353 e. The van der Waals surface area contributed by atoms with Gasteiger partial charge in [0.25, 0.3) is 0 Å². The van der Waals surface area contributed by atoms with Crippen molar-refractivity contribution in [3.05, 3.63) is 0 Å². The first-order chi connectivity index (χ1) is 8.11.